The van der Waals surface area contributed by atoms with Gasteiger partial charge in [0.1, 0.15) is 0 Å². The summed E-state index contributed by atoms with van der Waals surface area (Å²) in [5.41, 5.74) is 6.90. The lowest BCUT2D eigenvalue weighted by Gasteiger charge is -2.40. The Morgan fingerprint density at radius 2 is 1.60 bits per heavy atom. The Kier molecular flexibility index (Phi) is 3.36. The fraction of sp³-hybridized carbons (Fsp3) is 1.00. The molecule has 0 bridgehead atoms. The molecule has 2 nitrogen and oxygen atoms in total. The zero-order valence-corrected chi connectivity index (χ0v) is 10.1. The van der Waals surface area contributed by atoms with Gasteiger partial charge in [-0.3, -0.25) is 0 Å². The van der Waals surface area contributed by atoms with Gasteiger partial charge in [0.2, 0.25) is 0 Å². The molecule has 2 fully saturated rings. The van der Waals surface area contributed by atoms with Crippen molar-refractivity contribution in [2.75, 3.05) is 13.1 Å². The van der Waals surface area contributed by atoms with Gasteiger partial charge < -0.3 is 11.1 Å². The van der Waals surface area contributed by atoms with Crippen molar-refractivity contribution < 1.29 is 0 Å². The van der Waals surface area contributed by atoms with Gasteiger partial charge in [-0.1, -0.05) is 26.2 Å². The maximum absolute atomic E-state index is 6.20. The quantitative estimate of drug-likeness (QED) is 0.748. The Morgan fingerprint density at radius 1 is 0.933 bits per heavy atom. The van der Waals surface area contributed by atoms with E-state index in [0.717, 1.165) is 6.54 Å². The molecular formula is C13H26N2. The Labute approximate surface area is 94.0 Å². The minimum atomic E-state index is 0.144. The molecule has 2 heteroatoms. The van der Waals surface area contributed by atoms with Gasteiger partial charge in [0.25, 0.3) is 0 Å². The van der Waals surface area contributed by atoms with Crippen LogP contribution in [0, 0.1) is 5.41 Å². The molecule has 0 aromatic rings. The average molecular weight is 210 g/mol. The minimum absolute atomic E-state index is 0.144. The number of nitrogens with two attached hydrogens (primary N) is 1. The fourth-order valence-corrected chi connectivity index (χ4v) is 3.00. The van der Waals surface area contributed by atoms with E-state index in [-0.39, 0.29) is 5.54 Å². The van der Waals surface area contributed by atoms with E-state index in [4.69, 9.17) is 5.73 Å². The first-order valence-corrected chi connectivity index (χ1v) is 6.62. The average Bonchev–Trinajstić information content (AvgIpc) is 2.16. The molecule has 2 saturated carbocycles. The van der Waals surface area contributed by atoms with Crippen LogP contribution in [-0.2, 0) is 0 Å². The van der Waals surface area contributed by atoms with Gasteiger partial charge in [-0.25, -0.2) is 0 Å². The summed E-state index contributed by atoms with van der Waals surface area (Å²) in [5.74, 6) is 0. The van der Waals surface area contributed by atoms with Crippen LogP contribution in [0.3, 0.4) is 0 Å². The van der Waals surface area contributed by atoms with E-state index in [2.05, 4.69) is 12.2 Å². The van der Waals surface area contributed by atoms with Crippen LogP contribution in [0.4, 0.5) is 0 Å². The summed E-state index contributed by atoms with van der Waals surface area (Å²) in [6.45, 7) is 4.64. The molecule has 0 amide bonds. The first-order chi connectivity index (χ1) is 7.12. The zero-order chi connectivity index (χ0) is 10.8. The summed E-state index contributed by atoms with van der Waals surface area (Å²) in [7, 11) is 0. The SMILES string of the molecule is CC1(CNCC2(N)CCC2)CCCCC1. The van der Waals surface area contributed by atoms with E-state index >= 15 is 0 Å². The molecule has 0 unspecified atom stereocenters. The largest absolute Gasteiger partial charge is 0.324 e. The van der Waals surface area contributed by atoms with Crippen LogP contribution >= 0.6 is 0 Å². The highest BCUT2D eigenvalue weighted by Gasteiger charge is 2.33. The van der Waals surface area contributed by atoms with E-state index in [9.17, 15) is 0 Å². The van der Waals surface area contributed by atoms with Crippen LogP contribution in [0.1, 0.15) is 58.3 Å². The van der Waals surface area contributed by atoms with Crippen molar-refractivity contribution in [3.05, 3.63) is 0 Å². The molecule has 2 aliphatic rings. The van der Waals surface area contributed by atoms with Crippen molar-refractivity contribution in [2.45, 2.75) is 63.8 Å². The van der Waals surface area contributed by atoms with Gasteiger partial charge in [-0.2, -0.15) is 0 Å². The number of hydrogen-bond acceptors (Lipinski definition) is 2. The van der Waals surface area contributed by atoms with E-state index in [1.165, 1.54) is 57.9 Å². The zero-order valence-electron chi connectivity index (χ0n) is 10.1. The van der Waals surface area contributed by atoms with Crippen LogP contribution in [0.25, 0.3) is 0 Å². The Hall–Kier alpha value is -0.0800. The van der Waals surface area contributed by atoms with Crippen molar-refractivity contribution in [1.29, 1.82) is 0 Å². The van der Waals surface area contributed by atoms with Crippen LogP contribution < -0.4 is 11.1 Å². The van der Waals surface area contributed by atoms with Crippen molar-refractivity contribution >= 4 is 0 Å². The molecule has 15 heavy (non-hydrogen) atoms. The molecule has 3 N–H and O–H groups in total. The summed E-state index contributed by atoms with van der Waals surface area (Å²) >= 11 is 0. The van der Waals surface area contributed by atoms with Crippen molar-refractivity contribution in [3.63, 3.8) is 0 Å². The van der Waals surface area contributed by atoms with Crippen LogP contribution in [0.2, 0.25) is 0 Å². The molecule has 2 rings (SSSR count). The second-order valence-electron chi connectivity index (χ2n) is 6.19. The van der Waals surface area contributed by atoms with Crippen LogP contribution in [0.15, 0.2) is 0 Å². The maximum atomic E-state index is 6.20. The number of hydrogen-bond donors (Lipinski definition) is 2. The third kappa shape index (κ3) is 2.94. The Bertz CT molecular complexity index is 203. The lowest BCUT2D eigenvalue weighted by atomic mass is 9.74. The normalized spacial score (nSPS) is 28.4. The monoisotopic (exact) mass is 210 g/mol. The predicted molar refractivity (Wildman–Crippen MR) is 64.8 cm³/mol. The van der Waals surface area contributed by atoms with E-state index in [1.54, 1.807) is 0 Å². The van der Waals surface area contributed by atoms with Gasteiger partial charge in [0, 0.05) is 18.6 Å². The van der Waals surface area contributed by atoms with E-state index in [1.807, 2.05) is 0 Å². The van der Waals surface area contributed by atoms with Gasteiger partial charge >= 0.3 is 0 Å². The molecule has 0 atom stereocenters. The molecule has 0 aliphatic heterocycles. The highest BCUT2D eigenvalue weighted by atomic mass is 15.0. The molecule has 0 saturated heterocycles. The number of rotatable bonds is 4. The molecule has 0 heterocycles. The topological polar surface area (TPSA) is 38.0 Å². The van der Waals surface area contributed by atoms with Crippen LogP contribution in [0.5, 0.6) is 0 Å². The second kappa shape index (κ2) is 4.42. The highest BCUT2D eigenvalue weighted by Crippen LogP contribution is 2.35. The van der Waals surface area contributed by atoms with Gasteiger partial charge in [0.15, 0.2) is 0 Å². The summed E-state index contributed by atoms with van der Waals surface area (Å²) < 4.78 is 0. The first kappa shape index (κ1) is 11.4. The van der Waals surface area contributed by atoms with E-state index < -0.39 is 0 Å². The van der Waals surface area contributed by atoms with Crippen molar-refractivity contribution in [2.24, 2.45) is 11.1 Å². The smallest absolute Gasteiger partial charge is 0.0280 e. The van der Waals surface area contributed by atoms with Crippen molar-refractivity contribution in [3.8, 4) is 0 Å². The van der Waals surface area contributed by atoms with Crippen LogP contribution in [-0.4, -0.2) is 18.6 Å². The lowest BCUT2D eigenvalue weighted by molar-refractivity contribution is 0.183. The van der Waals surface area contributed by atoms with Gasteiger partial charge in [0.05, 0.1) is 0 Å². The first-order valence-electron chi connectivity index (χ1n) is 6.62. The third-order valence-electron chi connectivity index (χ3n) is 4.44. The Balaban J connectivity index is 1.67. The lowest BCUT2D eigenvalue weighted by Crippen LogP contribution is -2.55. The highest BCUT2D eigenvalue weighted by molar-refractivity contribution is 4.95. The fourth-order valence-electron chi connectivity index (χ4n) is 3.00. The predicted octanol–water partition coefficient (Wildman–Crippen LogP) is 2.43. The molecular weight excluding hydrogens is 184 g/mol. The summed E-state index contributed by atoms with van der Waals surface area (Å²) in [6.07, 6.45) is 10.9. The van der Waals surface area contributed by atoms with Gasteiger partial charge in [-0.15, -0.1) is 0 Å². The molecule has 0 radical (unpaired) electrons. The number of nitrogens with one attached hydrogen (secondary N) is 1. The molecule has 88 valence electrons. The molecule has 2 aliphatic carbocycles. The summed E-state index contributed by atoms with van der Waals surface area (Å²) in [4.78, 5) is 0. The second-order valence-corrected chi connectivity index (χ2v) is 6.19. The molecule has 0 aromatic heterocycles. The third-order valence-corrected chi connectivity index (χ3v) is 4.44. The maximum Gasteiger partial charge on any atom is 0.0280 e. The molecule has 0 aromatic carbocycles. The Morgan fingerprint density at radius 3 is 2.13 bits per heavy atom. The molecule has 0 spiro atoms. The van der Waals surface area contributed by atoms with Gasteiger partial charge in [-0.05, 0) is 37.5 Å². The minimum Gasteiger partial charge on any atom is -0.324 e. The summed E-state index contributed by atoms with van der Waals surface area (Å²) in [5, 5.41) is 3.61. The van der Waals surface area contributed by atoms with E-state index in [0.29, 0.717) is 5.41 Å². The summed E-state index contributed by atoms with van der Waals surface area (Å²) in [6, 6.07) is 0. The standard InChI is InChI=1S/C13H26N2/c1-12(6-3-2-4-7-12)10-15-11-13(14)8-5-9-13/h15H,2-11,14H2,1H3. The van der Waals surface area contributed by atoms with Crippen molar-refractivity contribution in [1.82, 2.24) is 5.32 Å².